The molecule has 4 nitrogen and oxygen atoms in total. The summed E-state index contributed by atoms with van der Waals surface area (Å²) in [6, 6.07) is 1.76. The van der Waals surface area contributed by atoms with Crippen molar-refractivity contribution in [2.24, 2.45) is 0 Å². The van der Waals surface area contributed by atoms with E-state index < -0.39 is 0 Å². The van der Waals surface area contributed by atoms with E-state index >= 15 is 0 Å². The van der Waals surface area contributed by atoms with Crippen molar-refractivity contribution >= 4 is 11.7 Å². The lowest BCUT2D eigenvalue weighted by Crippen LogP contribution is -2.00. The van der Waals surface area contributed by atoms with Crippen molar-refractivity contribution in [1.29, 1.82) is 0 Å². The zero-order valence-electron chi connectivity index (χ0n) is 6.95. The largest absolute Gasteiger partial charge is 0.368 e. The average Bonchev–Trinajstić information content (AvgIpc) is 2.01. The molecule has 4 heteroatoms. The lowest BCUT2D eigenvalue weighted by atomic mass is 10.2. The number of carbonyl (C=O) groups excluding carboxylic acids is 1. The van der Waals surface area contributed by atoms with E-state index in [0.29, 0.717) is 12.8 Å². The highest BCUT2D eigenvalue weighted by molar-refractivity contribution is 5.75. The minimum Gasteiger partial charge on any atom is -0.368 e. The van der Waals surface area contributed by atoms with E-state index in [-0.39, 0.29) is 11.7 Å². The molecule has 0 aliphatic heterocycles. The first-order valence-corrected chi connectivity index (χ1v) is 3.75. The van der Waals surface area contributed by atoms with Gasteiger partial charge in [-0.05, 0) is 19.4 Å². The van der Waals surface area contributed by atoms with Gasteiger partial charge in [-0.2, -0.15) is 0 Å². The van der Waals surface area contributed by atoms with E-state index in [9.17, 15) is 4.79 Å². The number of aromatic nitrogens is 2. The monoisotopic (exact) mass is 165 g/mol. The third-order valence-corrected chi connectivity index (χ3v) is 1.47. The van der Waals surface area contributed by atoms with Gasteiger partial charge in [0.1, 0.15) is 5.78 Å². The van der Waals surface area contributed by atoms with E-state index in [1.807, 2.05) is 0 Å². The Hall–Kier alpha value is -1.45. The van der Waals surface area contributed by atoms with Crippen LogP contribution in [0.25, 0.3) is 0 Å². The van der Waals surface area contributed by atoms with Crippen LogP contribution in [0.15, 0.2) is 12.3 Å². The van der Waals surface area contributed by atoms with Crippen LogP contribution in [0.4, 0.5) is 5.95 Å². The second kappa shape index (κ2) is 3.80. The topological polar surface area (TPSA) is 68.9 Å². The molecule has 64 valence electrons. The molecular formula is C8H11N3O. The quantitative estimate of drug-likeness (QED) is 0.711. The number of anilines is 1. The first-order valence-electron chi connectivity index (χ1n) is 3.75. The van der Waals surface area contributed by atoms with Crippen molar-refractivity contribution in [2.45, 2.75) is 19.8 Å². The van der Waals surface area contributed by atoms with Crippen molar-refractivity contribution in [3.63, 3.8) is 0 Å². The van der Waals surface area contributed by atoms with Gasteiger partial charge in [0, 0.05) is 18.3 Å². The highest BCUT2D eigenvalue weighted by Crippen LogP contribution is 2.00. The smallest absolute Gasteiger partial charge is 0.220 e. The number of aryl methyl sites for hydroxylation is 1. The van der Waals surface area contributed by atoms with Crippen LogP contribution in [0, 0.1) is 0 Å². The summed E-state index contributed by atoms with van der Waals surface area (Å²) in [7, 11) is 0. The molecule has 0 bridgehead atoms. The molecule has 0 aliphatic rings. The van der Waals surface area contributed by atoms with E-state index in [2.05, 4.69) is 9.97 Å². The van der Waals surface area contributed by atoms with Gasteiger partial charge in [-0.15, -0.1) is 0 Å². The Balaban J connectivity index is 2.57. The normalized spacial score (nSPS) is 9.75. The van der Waals surface area contributed by atoms with Gasteiger partial charge in [-0.1, -0.05) is 0 Å². The zero-order valence-corrected chi connectivity index (χ0v) is 6.95. The molecule has 1 aromatic rings. The molecule has 0 atom stereocenters. The Morgan fingerprint density at radius 3 is 3.00 bits per heavy atom. The number of rotatable bonds is 3. The van der Waals surface area contributed by atoms with Gasteiger partial charge < -0.3 is 10.5 Å². The Labute approximate surface area is 70.8 Å². The molecule has 2 N–H and O–H groups in total. The second-order valence-corrected chi connectivity index (χ2v) is 2.61. The number of ketones is 1. The van der Waals surface area contributed by atoms with Gasteiger partial charge in [0.15, 0.2) is 0 Å². The summed E-state index contributed by atoms with van der Waals surface area (Å²) < 4.78 is 0. The van der Waals surface area contributed by atoms with Gasteiger partial charge in [0.25, 0.3) is 0 Å². The maximum atomic E-state index is 10.6. The van der Waals surface area contributed by atoms with Crippen LogP contribution >= 0.6 is 0 Å². The van der Waals surface area contributed by atoms with Crippen LogP contribution in [-0.4, -0.2) is 15.8 Å². The molecule has 1 rings (SSSR count). The molecular weight excluding hydrogens is 154 g/mol. The summed E-state index contributed by atoms with van der Waals surface area (Å²) in [5, 5.41) is 0. The minimum absolute atomic E-state index is 0.159. The molecule has 0 spiro atoms. The number of carbonyl (C=O) groups is 1. The molecule has 0 saturated heterocycles. The van der Waals surface area contributed by atoms with Crippen LogP contribution in [0.3, 0.4) is 0 Å². The Morgan fingerprint density at radius 1 is 1.67 bits per heavy atom. The van der Waals surface area contributed by atoms with E-state index in [0.717, 1.165) is 5.69 Å². The number of nitrogens with zero attached hydrogens (tertiary/aromatic N) is 2. The molecule has 0 aliphatic carbocycles. The fourth-order valence-corrected chi connectivity index (χ4v) is 0.856. The second-order valence-electron chi connectivity index (χ2n) is 2.61. The lowest BCUT2D eigenvalue weighted by molar-refractivity contribution is -0.116. The Bertz CT molecular complexity index is 285. The van der Waals surface area contributed by atoms with Gasteiger partial charge in [0.05, 0.1) is 0 Å². The zero-order chi connectivity index (χ0) is 8.97. The maximum Gasteiger partial charge on any atom is 0.220 e. The fraction of sp³-hybridized carbons (Fsp3) is 0.375. The summed E-state index contributed by atoms with van der Waals surface area (Å²) in [5.74, 6) is 0.420. The molecule has 1 heterocycles. The van der Waals surface area contributed by atoms with Crippen molar-refractivity contribution in [3.05, 3.63) is 18.0 Å². The first-order chi connectivity index (χ1) is 5.68. The lowest BCUT2D eigenvalue weighted by Gasteiger charge is -1.97. The van der Waals surface area contributed by atoms with Crippen molar-refractivity contribution in [2.75, 3.05) is 5.73 Å². The maximum absolute atomic E-state index is 10.6. The summed E-state index contributed by atoms with van der Waals surface area (Å²) >= 11 is 0. The fourth-order valence-electron chi connectivity index (χ4n) is 0.856. The number of hydrogen-bond acceptors (Lipinski definition) is 4. The van der Waals surface area contributed by atoms with Crippen LogP contribution in [0.1, 0.15) is 19.0 Å². The van der Waals surface area contributed by atoms with Crippen LogP contribution in [0.5, 0.6) is 0 Å². The van der Waals surface area contributed by atoms with Gasteiger partial charge >= 0.3 is 0 Å². The van der Waals surface area contributed by atoms with E-state index in [4.69, 9.17) is 5.73 Å². The van der Waals surface area contributed by atoms with E-state index in [1.165, 1.54) is 0 Å². The standard InChI is InChI=1S/C8H11N3O/c1-6(12)2-3-7-4-5-10-8(9)11-7/h4-5H,2-3H2,1H3,(H2,9,10,11). The van der Waals surface area contributed by atoms with E-state index in [1.54, 1.807) is 19.2 Å². The molecule has 0 fully saturated rings. The van der Waals surface area contributed by atoms with Crippen LogP contribution < -0.4 is 5.73 Å². The summed E-state index contributed by atoms with van der Waals surface area (Å²) in [6.07, 6.45) is 2.75. The molecule has 12 heavy (non-hydrogen) atoms. The third kappa shape index (κ3) is 2.65. The average molecular weight is 165 g/mol. The van der Waals surface area contributed by atoms with Gasteiger partial charge in [-0.25, -0.2) is 9.97 Å². The molecule has 0 saturated carbocycles. The third-order valence-electron chi connectivity index (χ3n) is 1.47. The first kappa shape index (κ1) is 8.64. The van der Waals surface area contributed by atoms with Crippen molar-refractivity contribution in [1.82, 2.24) is 9.97 Å². The highest BCUT2D eigenvalue weighted by Gasteiger charge is 1.98. The molecule has 0 radical (unpaired) electrons. The van der Waals surface area contributed by atoms with Crippen LogP contribution in [-0.2, 0) is 11.2 Å². The van der Waals surface area contributed by atoms with Gasteiger partial charge in [0.2, 0.25) is 5.95 Å². The Morgan fingerprint density at radius 2 is 2.42 bits per heavy atom. The number of hydrogen-bond donors (Lipinski definition) is 1. The summed E-state index contributed by atoms with van der Waals surface area (Å²) in [5.41, 5.74) is 6.18. The SMILES string of the molecule is CC(=O)CCc1ccnc(N)n1. The van der Waals surface area contributed by atoms with Crippen LogP contribution in [0.2, 0.25) is 0 Å². The number of nitrogen functional groups attached to an aromatic ring is 1. The minimum atomic E-state index is 0.159. The molecule has 1 aromatic heterocycles. The predicted molar refractivity (Wildman–Crippen MR) is 45.4 cm³/mol. The van der Waals surface area contributed by atoms with Crippen molar-refractivity contribution < 1.29 is 4.79 Å². The van der Waals surface area contributed by atoms with Gasteiger partial charge in [-0.3, -0.25) is 0 Å². The predicted octanol–water partition coefficient (Wildman–Crippen LogP) is 0.580. The summed E-state index contributed by atoms with van der Waals surface area (Å²) in [6.45, 7) is 1.56. The number of Topliss-reactive ketones (excluding diaryl/α,β-unsaturated/α-hetero) is 1. The Kier molecular flexibility index (Phi) is 2.74. The number of nitrogens with two attached hydrogens (primary N) is 1. The summed E-state index contributed by atoms with van der Waals surface area (Å²) in [4.78, 5) is 18.3. The molecule has 0 aromatic carbocycles. The molecule has 0 unspecified atom stereocenters. The van der Waals surface area contributed by atoms with Crippen molar-refractivity contribution in [3.8, 4) is 0 Å². The molecule has 0 amide bonds. The highest BCUT2D eigenvalue weighted by atomic mass is 16.1.